The van der Waals surface area contributed by atoms with E-state index in [1.807, 2.05) is 18.4 Å². The quantitative estimate of drug-likeness (QED) is 0.848. The van der Waals surface area contributed by atoms with Crippen LogP contribution in [0.2, 0.25) is 0 Å². The molecule has 2 amide bonds. The summed E-state index contributed by atoms with van der Waals surface area (Å²) in [5, 5.41) is 0. The van der Waals surface area contributed by atoms with Gasteiger partial charge in [0.15, 0.2) is 0 Å². The summed E-state index contributed by atoms with van der Waals surface area (Å²) in [6, 6.07) is 12.3. The third-order valence-corrected chi connectivity index (χ3v) is 3.31. The van der Waals surface area contributed by atoms with Crippen LogP contribution in [0.1, 0.15) is 26.4 Å². The van der Waals surface area contributed by atoms with Crippen LogP contribution in [0.25, 0.3) is 0 Å². The molecule has 21 heavy (non-hydrogen) atoms. The highest BCUT2D eigenvalue weighted by molar-refractivity contribution is 7.97. The molecular weight excluding hydrogens is 286 g/mol. The molecule has 0 aliphatic heterocycles. The molecule has 1 aromatic heterocycles. The second-order valence-electron chi connectivity index (χ2n) is 4.26. The zero-order valence-electron chi connectivity index (χ0n) is 11.5. The molecule has 1 aromatic carbocycles. The van der Waals surface area contributed by atoms with E-state index in [9.17, 15) is 9.59 Å². The Hall–Kier alpha value is -2.34. The number of benzene rings is 1. The van der Waals surface area contributed by atoms with Gasteiger partial charge >= 0.3 is 0 Å². The van der Waals surface area contributed by atoms with Gasteiger partial charge in [-0.25, -0.2) is 0 Å². The summed E-state index contributed by atoms with van der Waals surface area (Å²) in [4.78, 5) is 27.6. The van der Waals surface area contributed by atoms with Crippen LogP contribution in [0.3, 0.4) is 0 Å². The second kappa shape index (κ2) is 7.44. The topological polar surface area (TPSA) is 71.1 Å². The van der Waals surface area contributed by atoms with E-state index in [1.165, 1.54) is 6.20 Å². The molecule has 108 valence electrons. The van der Waals surface area contributed by atoms with Crippen molar-refractivity contribution in [2.75, 3.05) is 6.26 Å². The average Bonchev–Trinajstić information content (AvgIpc) is 2.53. The summed E-state index contributed by atoms with van der Waals surface area (Å²) in [6.07, 6.45) is 3.52. The lowest BCUT2D eigenvalue weighted by Gasteiger charge is -2.08. The molecule has 0 spiro atoms. The summed E-state index contributed by atoms with van der Waals surface area (Å²) < 4.78 is 0. The molecule has 1 heterocycles. The highest BCUT2D eigenvalue weighted by Gasteiger charge is 2.09. The Labute approximate surface area is 127 Å². The molecule has 6 heteroatoms. The van der Waals surface area contributed by atoms with Crippen molar-refractivity contribution in [3.8, 4) is 0 Å². The Balaban J connectivity index is 1.96. The van der Waals surface area contributed by atoms with Gasteiger partial charge in [0.2, 0.25) is 0 Å². The highest BCUT2D eigenvalue weighted by Crippen LogP contribution is 2.11. The minimum Gasteiger partial charge on any atom is -0.267 e. The fourth-order valence-electron chi connectivity index (χ4n) is 1.72. The number of thioether (sulfide) groups is 1. The van der Waals surface area contributed by atoms with Crippen LogP contribution in [0.15, 0.2) is 48.7 Å². The Morgan fingerprint density at radius 2 is 1.90 bits per heavy atom. The van der Waals surface area contributed by atoms with Gasteiger partial charge in [-0.1, -0.05) is 18.2 Å². The van der Waals surface area contributed by atoms with Crippen molar-refractivity contribution in [3.63, 3.8) is 0 Å². The minimum absolute atomic E-state index is 0.244. The van der Waals surface area contributed by atoms with E-state index in [0.717, 1.165) is 11.3 Å². The van der Waals surface area contributed by atoms with Gasteiger partial charge in [0.05, 0.1) is 0 Å². The molecule has 0 fully saturated rings. The van der Waals surface area contributed by atoms with E-state index >= 15 is 0 Å². The minimum atomic E-state index is -0.454. The Bertz CT molecular complexity index is 632. The van der Waals surface area contributed by atoms with Crippen molar-refractivity contribution >= 4 is 23.6 Å². The molecule has 0 aliphatic carbocycles. The van der Waals surface area contributed by atoms with E-state index in [2.05, 4.69) is 15.8 Å². The zero-order chi connectivity index (χ0) is 15.1. The predicted octanol–water partition coefficient (Wildman–Crippen LogP) is 2.02. The zero-order valence-corrected chi connectivity index (χ0v) is 12.3. The van der Waals surface area contributed by atoms with Gasteiger partial charge in [-0.05, 0) is 36.1 Å². The summed E-state index contributed by atoms with van der Waals surface area (Å²) in [5.74, 6) is 0.0213. The van der Waals surface area contributed by atoms with Crippen LogP contribution in [-0.2, 0) is 5.75 Å². The van der Waals surface area contributed by atoms with Crippen molar-refractivity contribution in [2.45, 2.75) is 5.75 Å². The number of aromatic nitrogens is 1. The summed E-state index contributed by atoms with van der Waals surface area (Å²) in [7, 11) is 0. The van der Waals surface area contributed by atoms with Crippen LogP contribution < -0.4 is 10.9 Å². The first-order valence-corrected chi connectivity index (χ1v) is 7.69. The molecule has 0 bridgehead atoms. The molecule has 5 nitrogen and oxygen atoms in total. The number of hydrogen-bond donors (Lipinski definition) is 2. The van der Waals surface area contributed by atoms with E-state index < -0.39 is 5.91 Å². The Morgan fingerprint density at radius 1 is 1.10 bits per heavy atom. The second-order valence-corrected chi connectivity index (χ2v) is 5.12. The van der Waals surface area contributed by atoms with Gasteiger partial charge in [-0.15, -0.1) is 0 Å². The van der Waals surface area contributed by atoms with Crippen molar-refractivity contribution < 1.29 is 9.59 Å². The molecule has 0 saturated heterocycles. The van der Waals surface area contributed by atoms with Gasteiger partial charge < -0.3 is 0 Å². The van der Waals surface area contributed by atoms with E-state index in [0.29, 0.717) is 5.56 Å². The molecule has 0 unspecified atom stereocenters. The molecule has 0 atom stereocenters. The van der Waals surface area contributed by atoms with Crippen LogP contribution >= 0.6 is 11.8 Å². The van der Waals surface area contributed by atoms with Crippen molar-refractivity contribution in [1.29, 1.82) is 0 Å². The van der Waals surface area contributed by atoms with Crippen molar-refractivity contribution in [2.24, 2.45) is 0 Å². The van der Waals surface area contributed by atoms with Gasteiger partial charge in [0, 0.05) is 17.5 Å². The Kier molecular flexibility index (Phi) is 5.34. The third kappa shape index (κ3) is 4.32. The smallest absolute Gasteiger partial charge is 0.267 e. The fourth-order valence-corrected chi connectivity index (χ4v) is 2.23. The summed E-state index contributed by atoms with van der Waals surface area (Å²) in [6.45, 7) is 0. The fraction of sp³-hybridized carbons (Fsp3) is 0.133. The predicted molar refractivity (Wildman–Crippen MR) is 82.8 cm³/mol. The lowest BCUT2D eigenvalue weighted by Crippen LogP contribution is -2.41. The molecular formula is C15H15N3O2S. The van der Waals surface area contributed by atoms with Crippen molar-refractivity contribution in [1.82, 2.24) is 15.8 Å². The van der Waals surface area contributed by atoms with E-state index in [1.54, 1.807) is 42.1 Å². The number of carbonyl (C=O) groups is 2. The summed E-state index contributed by atoms with van der Waals surface area (Å²) >= 11 is 1.68. The maximum atomic E-state index is 12.0. The first-order valence-electron chi connectivity index (χ1n) is 6.30. The SMILES string of the molecule is CSCc1cccc(C(=O)NNC(=O)c2ccccn2)c1. The lowest BCUT2D eigenvalue weighted by molar-refractivity contribution is 0.0844. The third-order valence-electron chi connectivity index (χ3n) is 2.69. The van der Waals surface area contributed by atoms with Gasteiger partial charge in [0.25, 0.3) is 11.8 Å². The number of hydrazine groups is 1. The lowest BCUT2D eigenvalue weighted by atomic mass is 10.1. The average molecular weight is 301 g/mol. The highest BCUT2D eigenvalue weighted by atomic mass is 32.2. The number of amides is 2. The molecule has 0 aliphatic rings. The van der Waals surface area contributed by atoms with Crippen LogP contribution in [-0.4, -0.2) is 23.1 Å². The monoisotopic (exact) mass is 301 g/mol. The van der Waals surface area contributed by atoms with Crippen LogP contribution in [0.5, 0.6) is 0 Å². The molecule has 2 aromatic rings. The van der Waals surface area contributed by atoms with Crippen molar-refractivity contribution in [3.05, 3.63) is 65.5 Å². The van der Waals surface area contributed by atoms with Crippen LogP contribution in [0.4, 0.5) is 0 Å². The van der Waals surface area contributed by atoms with E-state index in [4.69, 9.17) is 0 Å². The Morgan fingerprint density at radius 3 is 2.62 bits per heavy atom. The largest absolute Gasteiger partial charge is 0.288 e. The normalized spacial score (nSPS) is 9.95. The number of carbonyl (C=O) groups excluding carboxylic acids is 2. The summed E-state index contributed by atoms with van der Waals surface area (Å²) in [5.41, 5.74) is 6.53. The molecule has 2 N–H and O–H groups in total. The standard InChI is InChI=1S/C15H15N3O2S/c1-21-10-11-5-4-6-12(9-11)14(19)17-18-15(20)13-7-2-3-8-16-13/h2-9H,10H2,1H3,(H,17,19)(H,18,20). The number of nitrogens with zero attached hydrogens (tertiary/aromatic N) is 1. The van der Waals surface area contributed by atoms with E-state index in [-0.39, 0.29) is 11.6 Å². The molecule has 0 saturated carbocycles. The molecule has 0 radical (unpaired) electrons. The van der Waals surface area contributed by atoms with Gasteiger partial charge in [-0.2, -0.15) is 11.8 Å². The number of nitrogens with one attached hydrogen (secondary N) is 2. The first kappa shape index (κ1) is 15.1. The maximum absolute atomic E-state index is 12.0. The molecule has 2 rings (SSSR count). The number of pyridine rings is 1. The van der Waals surface area contributed by atoms with Gasteiger partial charge in [-0.3, -0.25) is 25.4 Å². The van der Waals surface area contributed by atoms with Gasteiger partial charge in [0.1, 0.15) is 5.69 Å². The maximum Gasteiger partial charge on any atom is 0.288 e. The number of rotatable bonds is 4. The van der Waals surface area contributed by atoms with Crippen LogP contribution in [0, 0.1) is 0 Å². The number of hydrogen-bond acceptors (Lipinski definition) is 4. The first-order chi connectivity index (χ1) is 10.2.